The van der Waals surface area contributed by atoms with Crippen LogP contribution >= 0.6 is 0 Å². The molecule has 6 nitrogen and oxygen atoms in total. The molecule has 0 spiro atoms. The van der Waals surface area contributed by atoms with Crippen molar-refractivity contribution < 1.29 is 8.83 Å². The molecule has 0 aliphatic carbocycles. The lowest BCUT2D eigenvalue weighted by Gasteiger charge is -2.28. The summed E-state index contributed by atoms with van der Waals surface area (Å²) in [6.07, 6.45) is 0. The second kappa shape index (κ2) is 15.0. The van der Waals surface area contributed by atoms with E-state index in [1.165, 1.54) is 0 Å². The standard InChI is InChI=1S/C67H38N4O2/c68-39-50-59(40-19-3-1-4-20-40)64(70-53-31-15-9-27-48(53)61-55(70)37-35-46-44-25-11-17-33-57(44)72-66(46)61)60(41-21-5-2-6-22-41)65(63(50)69-51-29-13-7-23-42(51)43-24-8-14-30-52(43)69)71-54-32-16-10-28-49(54)62-56(71)38-36-47-45-26-12-18-34-58(45)73-67(47)62/h1-38H. The predicted molar refractivity (Wildman–Crippen MR) is 300 cm³/mol. The van der Waals surface area contributed by atoms with Crippen LogP contribution in [0.2, 0.25) is 0 Å². The van der Waals surface area contributed by atoms with Gasteiger partial charge in [0.1, 0.15) is 28.4 Å². The third-order valence-corrected chi connectivity index (χ3v) is 15.3. The maximum atomic E-state index is 12.5. The lowest BCUT2D eigenvalue weighted by molar-refractivity contribution is 0.672. The Hall–Kier alpha value is -10.1. The van der Waals surface area contributed by atoms with E-state index in [-0.39, 0.29) is 0 Å². The van der Waals surface area contributed by atoms with Gasteiger partial charge in [-0.15, -0.1) is 0 Å². The largest absolute Gasteiger partial charge is 0.455 e. The highest BCUT2D eigenvalue weighted by Crippen LogP contribution is 2.53. The zero-order valence-electron chi connectivity index (χ0n) is 39.0. The highest BCUT2D eigenvalue weighted by molar-refractivity contribution is 6.26. The molecule has 6 heteroatoms. The van der Waals surface area contributed by atoms with Crippen LogP contribution in [0.25, 0.3) is 149 Å². The van der Waals surface area contributed by atoms with Crippen LogP contribution in [0.5, 0.6) is 0 Å². The molecule has 0 bridgehead atoms. The number of furan rings is 2. The van der Waals surface area contributed by atoms with Gasteiger partial charge in [-0.1, -0.05) is 170 Å². The maximum Gasteiger partial charge on any atom is 0.145 e. The SMILES string of the molecule is N#Cc1c(-c2ccccc2)c(-n2c3ccccc3c3c4oc5ccccc5c4ccc32)c(-c2ccccc2)c(-n2c3ccccc3c3c4oc5ccccc5c4ccc32)c1-n1c2ccccc2c2ccccc21. The quantitative estimate of drug-likeness (QED) is 0.173. The fraction of sp³-hybridized carbons (Fsp3) is 0. The Morgan fingerprint density at radius 3 is 1.14 bits per heavy atom. The van der Waals surface area contributed by atoms with E-state index in [9.17, 15) is 5.26 Å². The van der Waals surface area contributed by atoms with Gasteiger partial charge in [0, 0.05) is 54.2 Å². The van der Waals surface area contributed by atoms with Gasteiger partial charge < -0.3 is 22.5 Å². The van der Waals surface area contributed by atoms with Crippen LogP contribution in [0.4, 0.5) is 0 Å². The summed E-state index contributed by atoms with van der Waals surface area (Å²) in [6.45, 7) is 0. The number of fused-ring (bicyclic) bond motifs is 17. The number of rotatable bonds is 5. The lowest BCUT2D eigenvalue weighted by Crippen LogP contribution is -2.13. The molecule has 16 aromatic rings. The summed E-state index contributed by atoms with van der Waals surface area (Å²) in [6, 6.07) is 84.1. The number of benzene rings is 11. The summed E-state index contributed by atoms with van der Waals surface area (Å²) in [5.74, 6) is 0. The van der Waals surface area contributed by atoms with Gasteiger partial charge >= 0.3 is 0 Å². The van der Waals surface area contributed by atoms with Gasteiger partial charge in [-0.2, -0.15) is 5.26 Å². The van der Waals surface area contributed by atoms with Crippen molar-refractivity contribution in [2.75, 3.05) is 0 Å². The van der Waals surface area contributed by atoms with E-state index < -0.39 is 0 Å². The molecule has 0 amide bonds. The first-order valence-corrected chi connectivity index (χ1v) is 24.7. The molecule has 11 aromatic carbocycles. The van der Waals surface area contributed by atoms with E-state index in [1.54, 1.807) is 0 Å². The molecule has 16 rings (SSSR count). The minimum absolute atomic E-state index is 0.536. The number of hydrogen-bond donors (Lipinski definition) is 0. The molecular formula is C67H38N4O2. The van der Waals surface area contributed by atoms with Crippen molar-refractivity contribution in [1.82, 2.24) is 13.7 Å². The van der Waals surface area contributed by atoms with Crippen molar-refractivity contribution in [2.24, 2.45) is 0 Å². The highest BCUT2D eigenvalue weighted by atomic mass is 16.3. The summed E-state index contributed by atoms with van der Waals surface area (Å²) in [4.78, 5) is 0. The zero-order valence-corrected chi connectivity index (χ0v) is 39.0. The molecule has 5 aromatic heterocycles. The van der Waals surface area contributed by atoms with Gasteiger partial charge in [0.15, 0.2) is 0 Å². The van der Waals surface area contributed by atoms with Crippen LogP contribution < -0.4 is 0 Å². The minimum atomic E-state index is 0.536. The van der Waals surface area contributed by atoms with Crippen LogP contribution in [0.15, 0.2) is 239 Å². The van der Waals surface area contributed by atoms with Crippen molar-refractivity contribution in [3.63, 3.8) is 0 Å². The van der Waals surface area contributed by atoms with E-state index in [1.807, 2.05) is 30.3 Å². The van der Waals surface area contributed by atoms with Crippen molar-refractivity contribution in [3.8, 4) is 45.4 Å². The molecule has 0 saturated carbocycles. The van der Waals surface area contributed by atoms with Crippen LogP contribution in [-0.2, 0) is 0 Å². The van der Waals surface area contributed by atoms with Crippen molar-refractivity contribution >= 4 is 109 Å². The fourth-order valence-corrected chi connectivity index (χ4v) is 12.4. The monoisotopic (exact) mass is 930 g/mol. The second-order valence-corrected chi connectivity index (χ2v) is 19.0. The lowest BCUT2D eigenvalue weighted by atomic mass is 9.88. The Bertz CT molecular complexity index is 4980. The molecule has 0 fully saturated rings. The van der Waals surface area contributed by atoms with E-state index in [2.05, 4.69) is 220 Å². The third kappa shape index (κ3) is 5.34. The molecule has 0 saturated heterocycles. The van der Waals surface area contributed by atoms with Crippen molar-refractivity contribution in [3.05, 3.63) is 236 Å². The molecule has 5 heterocycles. The second-order valence-electron chi connectivity index (χ2n) is 19.0. The van der Waals surface area contributed by atoms with Gasteiger partial charge in [0.05, 0.1) is 66.5 Å². The molecule has 0 aliphatic rings. The fourth-order valence-electron chi connectivity index (χ4n) is 12.4. The van der Waals surface area contributed by atoms with E-state index in [0.29, 0.717) is 5.56 Å². The van der Waals surface area contributed by atoms with Crippen LogP contribution in [0.1, 0.15) is 5.56 Å². The topological polar surface area (TPSA) is 64.9 Å². The molecule has 338 valence electrons. The Kier molecular flexibility index (Phi) is 8.14. The number of nitriles is 1. The van der Waals surface area contributed by atoms with E-state index in [4.69, 9.17) is 8.83 Å². The third-order valence-electron chi connectivity index (χ3n) is 15.3. The van der Waals surface area contributed by atoms with Crippen molar-refractivity contribution in [2.45, 2.75) is 0 Å². The minimum Gasteiger partial charge on any atom is -0.455 e. The normalized spacial score (nSPS) is 12.1. The van der Waals surface area contributed by atoms with E-state index >= 15 is 0 Å². The predicted octanol–water partition coefficient (Wildman–Crippen LogP) is 18.0. The average Bonchev–Trinajstić information content (AvgIpc) is 4.27. The Labute approximate surface area is 416 Å². The summed E-state index contributed by atoms with van der Waals surface area (Å²) < 4.78 is 21.0. The molecule has 73 heavy (non-hydrogen) atoms. The molecule has 0 N–H and O–H groups in total. The van der Waals surface area contributed by atoms with E-state index in [0.717, 1.165) is 149 Å². The van der Waals surface area contributed by atoms with Gasteiger partial charge in [0.2, 0.25) is 0 Å². The molecule has 0 atom stereocenters. The number of para-hydroxylation sites is 6. The van der Waals surface area contributed by atoms with Crippen LogP contribution in [-0.4, -0.2) is 13.7 Å². The molecule has 0 radical (unpaired) electrons. The average molecular weight is 931 g/mol. The van der Waals surface area contributed by atoms with Crippen molar-refractivity contribution in [1.29, 1.82) is 5.26 Å². The Balaban J connectivity index is 1.22. The van der Waals surface area contributed by atoms with Crippen LogP contribution in [0, 0.1) is 11.3 Å². The zero-order chi connectivity index (χ0) is 47.9. The van der Waals surface area contributed by atoms with Gasteiger partial charge in [-0.05, 0) is 71.8 Å². The van der Waals surface area contributed by atoms with Gasteiger partial charge in [-0.25, -0.2) is 0 Å². The summed E-state index contributed by atoms with van der Waals surface area (Å²) in [5.41, 5.74) is 16.0. The smallest absolute Gasteiger partial charge is 0.145 e. The Morgan fingerprint density at radius 1 is 0.288 bits per heavy atom. The molecule has 0 unspecified atom stereocenters. The number of nitrogens with zero attached hydrogens (tertiary/aromatic N) is 4. The summed E-state index contributed by atoms with van der Waals surface area (Å²) in [7, 11) is 0. The molecular weight excluding hydrogens is 893 g/mol. The molecule has 0 aliphatic heterocycles. The first-order chi connectivity index (χ1) is 36.2. The Morgan fingerprint density at radius 2 is 0.658 bits per heavy atom. The van der Waals surface area contributed by atoms with Gasteiger partial charge in [-0.3, -0.25) is 0 Å². The van der Waals surface area contributed by atoms with Gasteiger partial charge in [0.25, 0.3) is 0 Å². The summed E-state index contributed by atoms with van der Waals surface area (Å²) >= 11 is 0. The van der Waals surface area contributed by atoms with Crippen LogP contribution in [0.3, 0.4) is 0 Å². The maximum absolute atomic E-state index is 12.5. The first-order valence-electron chi connectivity index (χ1n) is 24.7. The highest BCUT2D eigenvalue weighted by Gasteiger charge is 2.34. The number of hydrogen-bond acceptors (Lipinski definition) is 3. The summed E-state index contributed by atoms with van der Waals surface area (Å²) in [5, 5.41) is 23.1. The number of aromatic nitrogens is 3. The first kappa shape index (κ1) is 39.7.